The number of hydrogen-bond donors (Lipinski definition) is 1. The molecule has 1 aliphatic carbocycles. The van der Waals surface area contributed by atoms with E-state index in [1.165, 1.54) is 25.7 Å². The molecule has 0 aromatic carbocycles. The highest BCUT2D eigenvalue weighted by molar-refractivity contribution is 5.98. The highest BCUT2D eigenvalue weighted by atomic mass is 16.1. The zero-order valence-electron chi connectivity index (χ0n) is 13.0. The van der Waals surface area contributed by atoms with Gasteiger partial charge in [-0.2, -0.15) is 0 Å². The third-order valence-corrected chi connectivity index (χ3v) is 4.82. The van der Waals surface area contributed by atoms with Crippen molar-refractivity contribution in [1.29, 1.82) is 0 Å². The molecule has 0 spiro atoms. The van der Waals surface area contributed by atoms with Crippen LogP contribution in [0.4, 0.5) is 0 Å². The van der Waals surface area contributed by atoms with E-state index in [1.54, 1.807) is 0 Å². The van der Waals surface area contributed by atoms with Crippen LogP contribution >= 0.6 is 0 Å². The maximum Gasteiger partial charge on any atom is 0.247 e. The fraction of sp³-hybridized carbons (Fsp3) is 0.647. The van der Waals surface area contributed by atoms with E-state index in [-0.39, 0.29) is 5.91 Å². The Labute approximate surface area is 126 Å². The molecule has 1 N–H and O–H groups in total. The lowest BCUT2D eigenvalue weighted by atomic mass is 9.87. The zero-order chi connectivity index (χ0) is 14.8. The third kappa shape index (κ3) is 3.36. The number of piperidine rings is 1. The first kappa shape index (κ1) is 14.4. The van der Waals surface area contributed by atoms with Crippen LogP contribution in [-0.2, 0) is 4.79 Å². The topological polar surface area (TPSA) is 46.9 Å². The quantitative estimate of drug-likeness (QED) is 0.849. The molecule has 1 saturated heterocycles. The molecule has 1 saturated carbocycles. The van der Waals surface area contributed by atoms with Gasteiger partial charge in [-0.3, -0.25) is 4.79 Å². The molecule has 0 radical (unpaired) electrons. The molecule has 114 valence electrons. The van der Waals surface area contributed by atoms with Gasteiger partial charge in [-0.25, -0.2) is 4.98 Å². The highest BCUT2D eigenvalue weighted by Crippen LogP contribution is 2.32. The fourth-order valence-electron chi connectivity index (χ4n) is 3.39. The van der Waals surface area contributed by atoms with Gasteiger partial charge in [0, 0.05) is 24.4 Å². The minimum atomic E-state index is 0.0640. The molecule has 4 nitrogen and oxygen atoms in total. The minimum Gasteiger partial charge on any atom is -0.352 e. The number of carbonyl (C=O) groups excluding carboxylic acids is 1. The largest absolute Gasteiger partial charge is 0.352 e. The van der Waals surface area contributed by atoms with E-state index in [9.17, 15) is 4.79 Å². The average Bonchev–Trinajstić information content (AvgIpc) is 2.92. The Bertz CT molecular complexity index is 538. The normalized spacial score (nSPS) is 32.2. The second-order valence-electron chi connectivity index (χ2n) is 6.85. The fourth-order valence-corrected chi connectivity index (χ4v) is 3.39. The summed E-state index contributed by atoms with van der Waals surface area (Å²) in [7, 11) is 0. The molecule has 4 heteroatoms. The predicted molar refractivity (Wildman–Crippen MR) is 83.7 cm³/mol. The van der Waals surface area contributed by atoms with Crippen LogP contribution < -0.4 is 5.32 Å². The Morgan fingerprint density at radius 2 is 2.00 bits per heavy atom. The van der Waals surface area contributed by atoms with E-state index >= 15 is 0 Å². The molecule has 2 heterocycles. The highest BCUT2D eigenvalue weighted by Gasteiger charge is 2.21. The predicted octanol–water partition coefficient (Wildman–Crippen LogP) is 3.17. The van der Waals surface area contributed by atoms with Crippen molar-refractivity contribution < 1.29 is 4.79 Å². The Kier molecular flexibility index (Phi) is 4.13. The lowest BCUT2D eigenvalue weighted by molar-refractivity contribution is -0.118. The van der Waals surface area contributed by atoms with Crippen LogP contribution in [0.3, 0.4) is 0 Å². The molecular weight excluding hydrogens is 262 g/mol. The van der Waals surface area contributed by atoms with Crippen molar-refractivity contribution in [2.24, 2.45) is 11.8 Å². The van der Waals surface area contributed by atoms with Crippen molar-refractivity contribution in [3.8, 4) is 0 Å². The van der Waals surface area contributed by atoms with Crippen molar-refractivity contribution in [3.05, 3.63) is 23.8 Å². The van der Waals surface area contributed by atoms with Crippen LogP contribution in [0, 0.1) is 11.8 Å². The van der Waals surface area contributed by atoms with Crippen LogP contribution in [0.1, 0.15) is 57.7 Å². The molecule has 1 aromatic rings. The van der Waals surface area contributed by atoms with E-state index in [4.69, 9.17) is 0 Å². The summed E-state index contributed by atoms with van der Waals surface area (Å²) in [6, 6.07) is 0.583. The molecule has 2 fully saturated rings. The van der Waals surface area contributed by atoms with Crippen LogP contribution in [0.25, 0.3) is 6.08 Å². The molecule has 3 rings (SSSR count). The SMILES string of the molecule is CC1CCC(n2cnc(C=C3C[C@@H](C)CNC3=O)c2)CC1. The molecule has 1 atom stereocenters. The van der Waals surface area contributed by atoms with Gasteiger partial charge >= 0.3 is 0 Å². The Balaban J connectivity index is 1.71. The van der Waals surface area contributed by atoms with Gasteiger partial charge in [-0.1, -0.05) is 13.8 Å². The summed E-state index contributed by atoms with van der Waals surface area (Å²) in [5.74, 6) is 1.43. The number of imidazole rings is 1. The molecule has 2 aliphatic rings. The first-order valence-corrected chi connectivity index (χ1v) is 8.14. The molecule has 1 aromatic heterocycles. The summed E-state index contributed by atoms with van der Waals surface area (Å²) in [5.41, 5.74) is 1.77. The summed E-state index contributed by atoms with van der Waals surface area (Å²) in [6.07, 6.45) is 11.9. The average molecular weight is 287 g/mol. The zero-order valence-corrected chi connectivity index (χ0v) is 13.0. The summed E-state index contributed by atoms with van der Waals surface area (Å²) >= 11 is 0. The number of nitrogens with one attached hydrogen (secondary N) is 1. The van der Waals surface area contributed by atoms with Gasteiger partial charge in [0.05, 0.1) is 12.0 Å². The molecular formula is C17H25N3O. The van der Waals surface area contributed by atoms with Crippen molar-refractivity contribution in [2.75, 3.05) is 6.54 Å². The van der Waals surface area contributed by atoms with Crippen LogP contribution in [0.5, 0.6) is 0 Å². The molecule has 1 aliphatic heterocycles. The number of carbonyl (C=O) groups is 1. The lowest BCUT2D eigenvalue weighted by Crippen LogP contribution is -2.35. The van der Waals surface area contributed by atoms with E-state index in [0.29, 0.717) is 12.0 Å². The van der Waals surface area contributed by atoms with Crippen molar-refractivity contribution in [2.45, 2.75) is 52.0 Å². The van der Waals surface area contributed by atoms with Crippen LogP contribution in [0.15, 0.2) is 18.1 Å². The monoisotopic (exact) mass is 287 g/mol. The summed E-state index contributed by atoms with van der Waals surface area (Å²) in [4.78, 5) is 16.3. The van der Waals surface area contributed by atoms with Crippen molar-refractivity contribution in [3.63, 3.8) is 0 Å². The molecule has 0 bridgehead atoms. The first-order valence-electron chi connectivity index (χ1n) is 8.14. The van der Waals surface area contributed by atoms with Gasteiger partial charge in [0.2, 0.25) is 5.91 Å². The first-order chi connectivity index (χ1) is 10.1. The number of amides is 1. The maximum atomic E-state index is 11.9. The molecule has 0 unspecified atom stereocenters. The summed E-state index contributed by atoms with van der Waals surface area (Å²) < 4.78 is 2.24. The van der Waals surface area contributed by atoms with Gasteiger partial charge in [0.15, 0.2) is 0 Å². The Morgan fingerprint density at radius 3 is 2.76 bits per heavy atom. The number of hydrogen-bond acceptors (Lipinski definition) is 2. The summed E-state index contributed by atoms with van der Waals surface area (Å²) in [5, 5.41) is 2.94. The van der Waals surface area contributed by atoms with Crippen LogP contribution in [-0.4, -0.2) is 22.0 Å². The second-order valence-corrected chi connectivity index (χ2v) is 6.85. The number of rotatable bonds is 2. The van der Waals surface area contributed by atoms with E-state index in [2.05, 4.69) is 34.9 Å². The smallest absolute Gasteiger partial charge is 0.247 e. The van der Waals surface area contributed by atoms with E-state index in [1.807, 2.05) is 12.4 Å². The Morgan fingerprint density at radius 1 is 1.24 bits per heavy atom. The van der Waals surface area contributed by atoms with Crippen molar-refractivity contribution in [1.82, 2.24) is 14.9 Å². The van der Waals surface area contributed by atoms with Crippen LogP contribution in [0.2, 0.25) is 0 Å². The van der Waals surface area contributed by atoms with Gasteiger partial charge in [0.1, 0.15) is 0 Å². The van der Waals surface area contributed by atoms with Gasteiger partial charge in [-0.15, -0.1) is 0 Å². The third-order valence-electron chi connectivity index (χ3n) is 4.82. The maximum absolute atomic E-state index is 11.9. The van der Waals surface area contributed by atoms with Crippen molar-refractivity contribution >= 4 is 12.0 Å². The molecule has 1 amide bonds. The lowest BCUT2D eigenvalue weighted by Gasteiger charge is -2.26. The standard InChI is InChI=1S/C17H25N3O/c1-12-3-5-16(6-4-12)20-10-15(19-11-20)8-14-7-13(2)9-18-17(14)21/h8,10-13,16H,3-7,9H2,1-2H3,(H,18,21)/t12?,13-,16?/m1/s1. The Hall–Kier alpha value is -1.58. The second kappa shape index (κ2) is 6.04. The van der Waals surface area contributed by atoms with E-state index in [0.717, 1.165) is 30.2 Å². The van der Waals surface area contributed by atoms with Gasteiger partial charge in [0.25, 0.3) is 0 Å². The van der Waals surface area contributed by atoms with Gasteiger partial charge in [-0.05, 0) is 50.0 Å². The van der Waals surface area contributed by atoms with E-state index < -0.39 is 0 Å². The van der Waals surface area contributed by atoms with Gasteiger partial charge < -0.3 is 9.88 Å². The molecule has 21 heavy (non-hydrogen) atoms. The summed E-state index contributed by atoms with van der Waals surface area (Å²) in [6.45, 7) is 5.28. The number of nitrogens with zero attached hydrogens (tertiary/aromatic N) is 2. The number of aromatic nitrogens is 2. The minimum absolute atomic E-state index is 0.0640.